The average Bonchev–Trinajstić information content (AvgIpc) is 2.62. The number of aromatic nitrogens is 2. The molecule has 116 valence electrons. The summed E-state index contributed by atoms with van der Waals surface area (Å²) < 4.78 is 1.09. The summed E-state index contributed by atoms with van der Waals surface area (Å²) in [6, 6.07) is 14.6. The molecule has 0 spiro atoms. The first-order chi connectivity index (χ1) is 11.3. The second kappa shape index (κ2) is 6.16. The Kier molecular flexibility index (Phi) is 3.87. The average molecular weight is 369 g/mol. The summed E-state index contributed by atoms with van der Waals surface area (Å²) >= 11 is 3.51. The van der Waals surface area contributed by atoms with Crippen molar-refractivity contribution in [3.63, 3.8) is 0 Å². The second-order valence-corrected chi connectivity index (χ2v) is 6.60. The van der Waals surface area contributed by atoms with Crippen LogP contribution in [0.25, 0.3) is 10.9 Å². The van der Waals surface area contributed by atoms with Gasteiger partial charge in [0.15, 0.2) is 0 Å². The van der Waals surface area contributed by atoms with Gasteiger partial charge in [-0.25, -0.2) is 4.98 Å². The number of anilines is 2. The van der Waals surface area contributed by atoms with Gasteiger partial charge >= 0.3 is 0 Å². The Morgan fingerprint density at radius 3 is 2.35 bits per heavy atom. The fourth-order valence-electron chi connectivity index (χ4n) is 3.01. The third-order valence-electron chi connectivity index (χ3n) is 4.27. The van der Waals surface area contributed by atoms with E-state index < -0.39 is 0 Å². The van der Waals surface area contributed by atoms with Crippen LogP contribution in [0.2, 0.25) is 0 Å². The monoisotopic (exact) mass is 368 g/mol. The molecular formula is C18H17BrN4. The minimum atomic E-state index is 0.983. The molecule has 1 aromatic carbocycles. The van der Waals surface area contributed by atoms with Crippen molar-refractivity contribution in [2.75, 3.05) is 36.0 Å². The zero-order chi connectivity index (χ0) is 15.6. The van der Waals surface area contributed by atoms with Crippen molar-refractivity contribution in [3.05, 3.63) is 59.3 Å². The summed E-state index contributed by atoms with van der Waals surface area (Å²) in [6.45, 7) is 3.98. The maximum absolute atomic E-state index is 4.81. The van der Waals surface area contributed by atoms with Crippen LogP contribution in [0.4, 0.5) is 11.5 Å². The molecule has 0 saturated carbocycles. The zero-order valence-corrected chi connectivity index (χ0v) is 14.3. The normalized spacial score (nSPS) is 15.2. The summed E-state index contributed by atoms with van der Waals surface area (Å²) in [5.74, 6) is 1.06. The number of fused-ring (bicyclic) bond motifs is 1. The van der Waals surface area contributed by atoms with Crippen molar-refractivity contribution in [2.24, 2.45) is 0 Å². The van der Waals surface area contributed by atoms with Gasteiger partial charge in [-0.05, 0) is 42.5 Å². The number of rotatable bonds is 2. The van der Waals surface area contributed by atoms with E-state index in [-0.39, 0.29) is 0 Å². The molecule has 0 amide bonds. The van der Waals surface area contributed by atoms with Crippen LogP contribution in [0.1, 0.15) is 0 Å². The minimum Gasteiger partial charge on any atom is -0.368 e. The van der Waals surface area contributed by atoms with Gasteiger partial charge in [-0.15, -0.1) is 0 Å². The van der Waals surface area contributed by atoms with Crippen LogP contribution in [0.3, 0.4) is 0 Å². The van der Waals surface area contributed by atoms with E-state index in [1.807, 2.05) is 18.5 Å². The Hall–Kier alpha value is -2.14. The molecule has 4 nitrogen and oxygen atoms in total. The fraction of sp³-hybridized carbons (Fsp3) is 0.222. The number of halogens is 1. The van der Waals surface area contributed by atoms with Gasteiger partial charge in [-0.2, -0.15) is 0 Å². The van der Waals surface area contributed by atoms with Gasteiger partial charge in [0.1, 0.15) is 5.82 Å². The van der Waals surface area contributed by atoms with Crippen molar-refractivity contribution in [3.8, 4) is 0 Å². The molecule has 23 heavy (non-hydrogen) atoms. The van der Waals surface area contributed by atoms with Crippen LogP contribution in [0.5, 0.6) is 0 Å². The molecular weight excluding hydrogens is 352 g/mol. The molecule has 1 aliphatic heterocycles. The molecule has 3 aromatic rings. The molecule has 0 aliphatic carbocycles. The summed E-state index contributed by atoms with van der Waals surface area (Å²) in [6.07, 6.45) is 3.70. The Labute approximate surface area is 143 Å². The smallest absolute Gasteiger partial charge is 0.129 e. The number of hydrogen-bond acceptors (Lipinski definition) is 4. The number of nitrogens with zero attached hydrogens (tertiary/aromatic N) is 4. The second-order valence-electron chi connectivity index (χ2n) is 5.69. The van der Waals surface area contributed by atoms with E-state index in [0.717, 1.165) is 42.0 Å². The Bertz CT molecular complexity index is 814. The lowest BCUT2D eigenvalue weighted by molar-refractivity contribution is 0.648. The third-order valence-corrected chi connectivity index (χ3v) is 4.76. The van der Waals surface area contributed by atoms with Crippen LogP contribution < -0.4 is 9.80 Å². The highest BCUT2D eigenvalue weighted by Gasteiger charge is 2.18. The molecule has 0 unspecified atom stereocenters. The van der Waals surface area contributed by atoms with E-state index in [9.17, 15) is 0 Å². The fourth-order valence-corrected chi connectivity index (χ4v) is 3.39. The molecule has 4 rings (SSSR count). The highest BCUT2D eigenvalue weighted by Crippen LogP contribution is 2.23. The van der Waals surface area contributed by atoms with Crippen LogP contribution in [0, 0.1) is 0 Å². The highest BCUT2D eigenvalue weighted by molar-refractivity contribution is 9.10. The SMILES string of the molecule is Brc1ccc2nc(N3CCN(c4ccncc4)CC3)ccc2c1. The van der Waals surface area contributed by atoms with E-state index in [2.05, 4.69) is 67.1 Å². The molecule has 3 heterocycles. The van der Waals surface area contributed by atoms with Gasteiger partial charge in [0.25, 0.3) is 0 Å². The molecule has 1 fully saturated rings. The summed E-state index contributed by atoms with van der Waals surface area (Å²) in [5, 5.41) is 1.17. The number of pyridine rings is 2. The van der Waals surface area contributed by atoms with E-state index >= 15 is 0 Å². The van der Waals surface area contributed by atoms with Crippen molar-refractivity contribution >= 4 is 38.3 Å². The van der Waals surface area contributed by atoms with Gasteiger partial charge in [0, 0.05) is 54.1 Å². The lowest BCUT2D eigenvalue weighted by atomic mass is 10.2. The number of piperazine rings is 1. The molecule has 1 aliphatic rings. The van der Waals surface area contributed by atoms with Gasteiger partial charge in [-0.1, -0.05) is 15.9 Å². The first-order valence-electron chi connectivity index (χ1n) is 7.76. The molecule has 1 saturated heterocycles. The number of benzene rings is 1. The maximum atomic E-state index is 4.81. The van der Waals surface area contributed by atoms with Crippen LogP contribution >= 0.6 is 15.9 Å². The zero-order valence-electron chi connectivity index (χ0n) is 12.7. The molecule has 0 radical (unpaired) electrons. The topological polar surface area (TPSA) is 32.3 Å². The van der Waals surface area contributed by atoms with Gasteiger partial charge in [0.05, 0.1) is 5.52 Å². The predicted octanol–water partition coefficient (Wildman–Crippen LogP) is 3.72. The molecule has 0 N–H and O–H groups in total. The molecule has 0 atom stereocenters. The molecule has 0 bridgehead atoms. The number of hydrogen-bond donors (Lipinski definition) is 0. The van der Waals surface area contributed by atoms with Crippen LogP contribution in [-0.4, -0.2) is 36.1 Å². The Balaban J connectivity index is 1.51. The first kappa shape index (κ1) is 14.5. The van der Waals surface area contributed by atoms with E-state index in [1.54, 1.807) is 0 Å². The maximum Gasteiger partial charge on any atom is 0.129 e. The standard InChI is InChI=1S/C18H17BrN4/c19-15-2-3-17-14(13-15)1-4-18(21-17)23-11-9-22(10-12-23)16-5-7-20-8-6-16/h1-8,13H,9-12H2. The van der Waals surface area contributed by atoms with Gasteiger partial charge in [-0.3, -0.25) is 4.98 Å². The van der Waals surface area contributed by atoms with Gasteiger partial charge in [0.2, 0.25) is 0 Å². The van der Waals surface area contributed by atoms with Gasteiger partial charge < -0.3 is 9.80 Å². The Morgan fingerprint density at radius 2 is 1.57 bits per heavy atom. The van der Waals surface area contributed by atoms with Crippen molar-refractivity contribution in [2.45, 2.75) is 0 Å². The van der Waals surface area contributed by atoms with E-state index in [0.29, 0.717) is 0 Å². The third kappa shape index (κ3) is 3.01. The van der Waals surface area contributed by atoms with Crippen molar-refractivity contribution in [1.29, 1.82) is 0 Å². The van der Waals surface area contributed by atoms with Crippen LogP contribution in [0.15, 0.2) is 59.3 Å². The lowest BCUT2D eigenvalue weighted by Crippen LogP contribution is -2.46. The molecule has 5 heteroatoms. The molecule has 2 aromatic heterocycles. The quantitative estimate of drug-likeness (QED) is 0.689. The van der Waals surface area contributed by atoms with Crippen molar-refractivity contribution in [1.82, 2.24) is 9.97 Å². The summed E-state index contributed by atoms with van der Waals surface area (Å²) in [7, 11) is 0. The summed E-state index contributed by atoms with van der Waals surface area (Å²) in [4.78, 5) is 13.7. The first-order valence-corrected chi connectivity index (χ1v) is 8.55. The predicted molar refractivity (Wildman–Crippen MR) is 98.1 cm³/mol. The highest BCUT2D eigenvalue weighted by atomic mass is 79.9. The summed E-state index contributed by atoms with van der Waals surface area (Å²) in [5.41, 5.74) is 2.29. The van der Waals surface area contributed by atoms with E-state index in [1.165, 1.54) is 11.1 Å². The van der Waals surface area contributed by atoms with Crippen molar-refractivity contribution < 1.29 is 0 Å². The minimum absolute atomic E-state index is 0.983. The largest absolute Gasteiger partial charge is 0.368 e. The Morgan fingerprint density at radius 1 is 0.826 bits per heavy atom. The lowest BCUT2D eigenvalue weighted by Gasteiger charge is -2.36. The van der Waals surface area contributed by atoms with Crippen LogP contribution in [-0.2, 0) is 0 Å². The van der Waals surface area contributed by atoms with E-state index in [4.69, 9.17) is 4.98 Å².